The molecule has 5 nitrogen and oxygen atoms in total. The molecule has 0 unspecified atom stereocenters. The molecule has 0 bridgehead atoms. The smallest absolute Gasteiger partial charge is 0.328 e. The zero-order chi connectivity index (χ0) is 11.0. The largest absolute Gasteiger partial charge is 0.508 e. The third-order valence-corrected chi connectivity index (χ3v) is 2.45. The van der Waals surface area contributed by atoms with Gasteiger partial charge in [-0.1, -0.05) is 0 Å². The summed E-state index contributed by atoms with van der Waals surface area (Å²) in [5.74, 6) is 0.124. The summed E-state index contributed by atoms with van der Waals surface area (Å²) in [6, 6.07) is 4.72. The maximum Gasteiger partial charge on any atom is 0.328 e. The van der Waals surface area contributed by atoms with Crippen LogP contribution < -0.4 is 5.69 Å². The van der Waals surface area contributed by atoms with Gasteiger partial charge in [0.05, 0.1) is 24.2 Å². The van der Waals surface area contributed by atoms with E-state index >= 15 is 0 Å². The van der Waals surface area contributed by atoms with Gasteiger partial charge in [-0.15, -0.1) is 0 Å². The van der Waals surface area contributed by atoms with E-state index < -0.39 is 0 Å². The van der Waals surface area contributed by atoms with E-state index in [2.05, 4.69) is 0 Å². The second kappa shape index (κ2) is 3.43. The van der Waals surface area contributed by atoms with Gasteiger partial charge in [0.1, 0.15) is 5.75 Å². The lowest BCUT2D eigenvalue weighted by molar-refractivity contribution is 0.275. The highest BCUT2D eigenvalue weighted by Crippen LogP contribution is 2.18. The van der Waals surface area contributed by atoms with Crippen LogP contribution in [0.5, 0.6) is 5.75 Å². The molecule has 0 saturated carbocycles. The van der Waals surface area contributed by atoms with Crippen molar-refractivity contribution in [3.05, 3.63) is 28.7 Å². The van der Waals surface area contributed by atoms with Gasteiger partial charge >= 0.3 is 5.69 Å². The van der Waals surface area contributed by atoms with Crippen LogP contribution in [-0.2, 0) is 13.6 Å². The number of hydrogen-bond acceptors (Lipinski definition) is 3. The van der Waals surface area contributed by atoms with Crippen molar-refractivity contribution in [3.8, 4) is 5.75 Å². The molecule has 80 valence electrons. The van der Waals surface area contributed by atoms with Crippen LogP contribution in [0.3, 0.4) is 0 Å². The average molecular weight is 208 g/mol. The van der Waals surface area contributed by atoms with Gasteiger partial charge < -0.3 is 10.2 Å². The quantitative estimate of drug-likeness (QED) is 0.732. The number of benzene rings is 1. The first-order valence-electron chi connectivity index (χ1n) is 4.64. The Balaban J connectivity index is 2.81. The molecule has 2 N–H and O–H groups in total. The second-order valence-corrected chi connectivity index (χ2v) is 3.39. The van der Waals surface area contributed by atoms with E-state index in [1.54, 1.807) is 13.1 Å². The number of fused-ring (bicyclic) bond motifs is 1. The summed E-state index contributed by atoms with van der Waals surface area (Å²) in [6.07, 6.45) is 0. The number of phenols is 1. The van der Waals surface area contributed by atoms with E-state index in [0.717, 1.165) is 0 Å². The Kier molecular flexibility index (Phi) is 2.24. The average Bonchev–Trinajstić information content (AvgIpc) is 2.44. The predicted molar refractivity (Wildman–Crippen MR) is 55.9 cm³/mol. The van der Waals surface area contributed by atoms with Crippen molar-refractivity contribution >= 4 is 11.0 Å². The standard InChI is InChI=1S/C10H12N2O3/c1-11-9-6-7(14)2-3-8(9)12(4-5-13)10(11)15/h2-3,6,13-14H,4-5H2,1H3. The summed E-state index contributed by atoms with van der Waals surface area (Å²) in [4.78, 5) is 11.7. The molecule has 5 heteroatoms. The lowest BCUT2D eigenvalue weighted by Crippen LogP contribution is -2.23. The molecule has 0 aliphatic carbocycles. The molecule has 1 heterocycles. The molecule has 15 heavy (non-hydrogen) atoms. The summed E-state index contributed by atoms with van der Waals surface area (Å²) >= 11 is 0. The van der Waals surface area contributed by atoms with Crippen LogP contribution in [-0.4, -0.2) is 26.0 Å². The maximum atomic E-state index is 11.7. The summed E-state index contributed by atoms with van der Waals surface area (Å²) in [6.45, 7) is 0.181. The van der Waals surface area contributed by atoms with Crippen LogP contribution in [0, 0.1) is 0 Å². The number of hydrogen-bond donors (Lipinski definition) is 2. The van der Waals surface area contributed by atoms with Crippen molar-refractivity contribution in [1.29, 1.82) is 0 Å². The number of aromatic nitrogens is 2. The first-order valence-corrected chi connectivity index (χ1v) is 4.64. The van der Waals surface area contributed by atoms with Crippen LogP contribution in [0.1, 0.15) is 0 Å². The highest BCUT2D eigenvalue weighted by atomic mass is 16.3. The number of aliphatic hydroxyl groups excluding tert-OH is 1. The summed E-state index contributed by atoms with van der Waals surface area (Å²) in [5.41, 5.74) is 1.19. The van der Waals surface area contributed by atoms with E-state index in [9.17, 15) is 9.90 Å². The van der Waals surface area contributed by atoms with Crippen LogP contribution >= 0.6 is 0 Å². The normalized spacial score (nSPS) is 11.1. The summed E-state index contributed by atoms with van der Waals surface area (Å²) in [7, 11) is 1.64. The highest BCUT2D eigenvalue weighted by molar-refractivity contribution is 5.77. The molecule has 1 aromatic carbocycles. The maximum absolute atomic E-state index is 11.7. The predicted octanol–water partition coefficient (Wildman–Crippen LogP) is 0.0379. The lowest BCUT2D eigenvalue weighted by Gasteiger charge is -1.99. The van der Waals surface area contributed by atoms with Crippen LogP contribution in [0.4, 0.5) is 0 Å². The monoisotopic (exact) mass is 208 g/mol. The topological polar surface area (TPSA) is 67.4 Å². The molecule has 0 amide bonds. The van der Waals surface area contributed by atoms with Gasteiger partial charge in [-0.25, -0.2) is 4.79 Å². The molecule has 0 aliphatic heterocycles. The van der Waals surface area contributed by atoms with Gasteiger partial charge in [0.2, 0.25) is 0 Å². The molecule has 0 saturated heterocycles. The molecular formula is C10H12N2O3. The third kappa shape index (κ3) is 1.41. The van der Waals surface area contributed by atoms with Gasteiger partial charge in [0.15, 0.2) is 0 Å². The molecule has 2 aromatic rings. The molecule has 0 fully saturated rings. The van der Waals surface area contributed by atoms with Crippen molar-refractivity contribution in [1.82, 2.24) is 9.13 Å². The van der Waals surface area contributed by atoms with Crippen molar-refractivity contribution in [2.75, 3.05) is 6.61 Å². The zero-order valence-corrected chi connectivity index (χ0v) is 8.34. The summed E-state index contributed by atoms with van der Waals surface area (Å²) < 4.78 is 2.93. The Morgan fingerprint density at radius 1 is 1.33 bits per heavy atom. The SMILES string of the molecule is Cn1c(=O)n(CCO)c2ccc(O)cc21. The van der Waals surface area contributed by atoms with E-state index in [1.807, 2.05) is 0 Å². The molecule has 0 atom stereocenters. The van der Waals surface area contributed by atoms with Gasteiger partial charge in [0, 0.05) is 13.1 Å². The van der Waals surface area contributed by atoms with Crippen LogP contribution in [0.2, 0.25) is 0 Å². The first-order chi connectivity index (χ1) is 7.15. The van der Waals surface area contributed by atoms with E-state index in [1.165, 1.54) is 21.3 Å². The Bertz CT molecular complexity index is 554. The third-order valence-electron chi connectivity index (χ3n) is 2.45. The van der Waals surface area contributed by atoms with Crippen LogP contribution in [0.25, 0.3) is 11.0 Å². The lowest BCUT2D eigenvalue weighted by atomic mass is 10.3. The number of nitrogens with zero attached hydrogens (tertiary/aromatic N) is 2. The van der Waals surface area contributed by atoms with E-state index in [0.29, 0.717) is 11.0 Å². The Morgan fingerprint density at radius 3 is 2.73 bits per heavy atom. The minimum absolute atomic E-state index is 0.0834. The fraction of sp³-hybridized carbons (Fsp3) is 0.300. The minimum Gasteiger partial charge on any atom is -0.508 e. The van der Waals surface area contributed by atoms with Crippen molar-refractivity contribution in [3.63, 3.8) is 0 Å². The van der Waals surface area contributed by atoms with Gasteiger partial charge in [-0.05, 0) is 12.1 Å². The molecule has 2 rings (SSSR count). The molecule has 1 aromatic heterocycles. The Hall–Kier alpha value is -1.75. The van der Waals surface area contributed by atoms with Crippen molar-refractivity contribution in [2.24, 2.45) is 7.05 Å². The molecular weight excluding hydrogens is 196 g/mol. The number of aryl methyl sites for hydroxylation is 1. The number of phenolic OH excluding ortho intramolecular Hbond substituents is 1. The fourth-order valence-electron chi connectivity index (χ4n) is 1.71. The van der Waals surface area contributed by atoms with Crippen LogP contribution in [0.15, 0.2) is 23.0 Å². The van der Waals surface area contributed by atoms with E-state index in [4.69, 9.17) is 5.11 Å². The number of rotatable bonds is 2. The summed E-state index contributed by atoms with van der Waals surface area (Å²) in [5, 5.41) is 18.2. The van der Waals surface area contributed by atoms with Crippen molar-refractivity contribution in [2.45, 2.75) is 6.54 Å². The Morgan fingerprint density at radius 2 is 2.07 bits per heavy atom. The zero-order valence-electron chi connectivity index (χ0n) is 8.34. The number of imidazole rings is 1. The fourth-order valence-corrected chi connectivity index (χ4v) is 1.71. The number of aromatic hydroxyl groups is 1. The van der Waals surface area contributed by atoms with Crippen molar-refractivity contribution < 1.29 is 10.2 Å². The minimum atomic E-state index is -0.190. The molecule has 0 radical (unpaired) electrons. The Labute approximate surface area is 85.8 Å². The van der Waals surface area contributed by atoms with E-state index in [-0.39, 0.29) is 24.6 Å². The van der Waals surface area contributed by atoms with Gasteiger partial charge in [-0.2, -0.15) is 0 Å². The number of aliphatic hydroxyl groups is 1. The second-order valence-electron chi connectivity index (χ2n) is 3.39. The van der Waals surface area contributed by atoms with Gasteiger partial charge in [-0.3, -0.25) is 9.13 Å². The molecule has 0 spiro atoms. The molecule has 0 aliphatic rings. The van der Waals surface area contributed by atoms with Gasteiger partial charge in [0.25, 0.3) is 0 Å². The first kappa shape index (κ1) is 9.79. The highest BCUT2D eigenvalue weighted by Gasteiger charge is 2.09.